The Labute approximate surface area is 440 Å². The number of hydrogen-bond donors (Lipinski definition) is 1. The van der Waals surface area contributed by atoms with Gasteiger partial charge in [0.25, 0.3) is 0 Å². The van der Waals surface area contributed by atoms with Gasteiger partial charge in [0.2, 0.25) is 0 Å². The number of aliphatic hydroxyl groups is 1. The molecule has 2 aliphatic rings. The van der Waals surface area contributed by atoms with Crippen LogP contribution in [0.1, 0.15) is 24.6 Å². The maximum absolute atomic E-state index is 12.1. The summed E-state index contributed by atoms with van der Waals surface area (Å²) < 4.78 is 18.2. The molecule has 0 radical (unpaired) electrons. The molecule has 0 saturated carbocycles. The van der Waals surface area contributed by atoms with Crippen LogP contribution in [0.3, 0.4) is 0 Å². The largest absolute Gasteiger partial charge is 1.00 e. The van der Waals surface area contributed by atoms with Gasteiger partial charge in [-0.15, -0.1) is 0 Å². The molecule has 8 rings (SSSR count). The number of halogens is 7. The molecule has 0 spiro atoms. The Bertz CT molecular complexity index is 2590. The third kappa shape index (κ3) is 14.4. The van der Waals surface area contributed by atoms with Crippen molar-refractivity contribution in [2.45, 2.75) is 24.2 Å². The smallest absolute Gasteiger partial charge is 1.00 e. The van der Waals surface area contributed by atoms with Crippen LogP contribution in [0.25, 0.3) is 9.69 Å². The van der Waals surface area contributed by atoms with E-state index in [-0.39, 0.29) is 67.6 Å². The normalized spacial score (nSPS) is 18.3. The summed E-state index contributed by atoms with van der Waals surface area (Å²) in [5.74, 6) is 0.453. The number of nitrogens with zero attached hydrogens (tertiary/aromatic N) is 6. The number of likely N-dealkylation sites (N-methyl/N-ethyl adjacent to an activating group) is 2. The van der Waals surface area contributed by atoms with Crippen molar-refractivity contribution in [3.8, 4) is 5.75 Å². The summed E-state index contributed by atoms with van der Waals surface area (Å²) in [4.78, 5) is 15.6. The predicted molar refractivity (Wildman–Crippen MR) is 268 cm³/mol. The fraction of sp³-hybridized carbons (Fsp3) is 0.240. The minimum Gasteiger partial charge on any atom is -1.00 e. The second-order valence-electron chi connectivity index (χ2n) is 15.5. The van der Waals surface area contributed by atoms with Crippen molar-refractivity contribution in [1.82, 2.24) is 9.80 Å². The van der Waals surface area contributed by atoms with Crippen LogP contribution in [0, 0.1) is 19.0 Å². The Hall–Kier alpha value is -3.75. The van der Waals surface area contributed by atoms with E-state index in [1.165, 1.54) is 24.3 Å². The van der Waals surface area contributed by atoms with E-state index >= 15 is 0 Å². The van der Waals surface area contributed by atoms with Crippen LogP contribution in [0.15, 0.2) is 133 Å². The molecule has 338 valence electrons. The van der Waals surface area contributed by atoms with Crippen LogP contribution >= 0.6 is 69.6 Å². The molecule has 2 aliphatic heterocycles. The van der Waals surface area contributed by atoms with Crippen LogP contribution in [0.5, 0.6) is 5.75 Å². The average Bonchev–Trinajstić information content (AvgIpc) is 3.30. The minimum absolute atomic E-state index is 0. The summed E-state index contributed by atoms with van der Waals surface area (Å²) in [7, 11) is 4.13. The van der Waals surface area contributed by atoms with E-state index < -0.39 is 0 Å². The SMILES string of the molecule is CN1C[C@H](c2ccc(Cl)cc2Cl)N(c2ccc(Cl)cc2)C[C@@H]1CO.[C-]#[N+]c1ccc(F)cc1.[C-]#[N+]c1ccc(OC[C@H]2CN(c3ccc(Cl)cc3)[C@@H](c3ccc(Cl)cc3Cl)CN2C)cc1.[H-].[Na+]. The molecule has 0 unspecified atom stereocenters. The van der Waals surface area contributed by atoms with Crippen LogP contribution < -0.4 is 44.1 Å². The molecular formula is C50H46Cl6FN6NaO2. The van der Waals surface area contributed by atoms with Crippen LogP contribution in [-0.2, 0) is 0 Å². The van der Waals surface area contributed by atoms with E-state index in [1.54, 1.807) is 24.3 Å². The second-order valence-corrected chi connectivity index (χ2v) is 18.1. The van der Waals surface area contributed by atoms with Gasteiger partial charge in [-0.1, -0.05) is 106 Å². The number of rotatable bonds is 8. The van der Waals surface area contributed by atoms with Crippen molar-refractivity contribution in [3.63, 3.8) is 0 Å². The van der Waals surface area contributed by atoms with Gasteiger partial charge in [0.15, 0.2) is 11.4 Å². The third-order valence-corrected chi connectivity index (χ3v) is 12.9. The van der Waals surface area contributed by atoms with Crippen LogP contribution in [-0.4, -0.2) is 80.5 Å². The molecule has 2 fully saturated rings. The van der Waals surface area contributed by atoms with Gasteiger partial charge in [-0.25, -0.2) is 14.1 Å². The zero-order valence-electron chi connectivity index (χ0n) is 37.4. The number of anilines is 2. The van der Waals surface area contributed by atoms with Crippen LogP contribution in [0.4, 0.5) is 27.1 Å². The fourth-order valence-corrected chi connectivity index (χ4v) is 8.96. The Morgan fingerprint density at radius 1 is 0.576 bits per heavy atom. The van der Waals surface area contributed by atoms with E-state index in [1.807, 2.05) is 92.0 Å². The van der Waals surface area contributed by atoms with E-state index in [9.17, 15) is 9.50 Å². The number of hydrogen-bond acceptors (Lipinski definition) is 6. The molecule has 0 aromatic heterocycles. The Kier molecular flexibility index (Phi) is 20.6. The van der Waals surface area contributed by atoms with E-state index in [0.29, 0.717) is 54.7 Å². The molecule has 0 aliphatic carbocycles. The maximum Gasteiger partial charge on any atom is 1.00 e. The quantitative estimate of drug-likeness (QED) is 0.121. The number of benzene rings is 6. The molecule has 6 aromatic rings. The molecule has 66 heavy (non-hydrogen) atoms. The molecule has 4 atom stereocenters. The zero-order valence-corrected chi connectivity index (χ0v) is 43.0. The number of piperazine rings is 2. The first-order chi connectivity index (χ1) is 31.3. The van der Waals surface area contributed by atoms with Gasteiger partial charge in [0.1, 0.15) is 18.2 Å². The van der Waals surface area contributed by atoms with Crippen molar-refractivity contribution in [2.24, 2.45) is 0 Å². The summed E-state index contributed by atoms with van der Waals surface area (Å²) >= 11 is 37.4. The first-order valence-corrected chi connectivity index (χ1v) is 22.7. The van der Waals surface area contributed by atoms with E-state index in [0.717, 1.165) is 47.9 Å². The molecule has 0 amide bonds. The average molecular weight is 1020 g/mol. The summed E-state index contributed by atoms with van der Waals surface area (Å²) in [6.45, 7) is 17.2. The second kappa shape index (κ2) is 25.6. The first kappa shape index (κ1) is 53.2. The summed E-state index contributed by atoms with van der Waals surface area (Å²) in [6, 6.07) is 39.9. The molecule has 2 heterocycles. The molecular weight excluding hydrogens is 971 g/mol. The van der Waals surface area contributed by atoms with Gasteiger partial charge in [-0.05, 0) is 122 Å². The standard InChI is InChI=1S/C25H22Cl3N3O.C18H19Cl3N2O.C7H4FN.Na.H/c1-29-19-6-10-22(11-7-19)32-16-21-14-31(20-8-3-17(26)4-9-20)25(15-30(21)2)23-12-5-18(27)13-24(23)28;1-22-10-18(16-7-4-13(20)8-17(16)21)23(9-15(22)11-24)14-5-2-12(19)3-6-14;1-9-7-4-2-6(8)3-5-7;;/h3-13,21,25H,14-16H2,2H3;2-8,15,18,24H,9-11H2,1H3;2-5H;;/q;;;+1;-1/t21-,25-;15-,18-;;;/m11.../s1. The van der Waals surface area contributed by atoms with Crippen molar-refractivity contribution in [3.05, 3.63) is 203 Å². The van der Waals surface area contributed by atoms with Crippen molar-refractivity contribution < 1.29 is 45.2 Å². The van der Waals surface area contributed by atoms with Crippen molar-refractivity contribution >= 4 is 92.4 Å². The number of aliphatic hydroxyl groups excluding tert-OH is 1. The third-order valence-electron chi connectivity index (χ3n) is 11.3. The summed E-state index contributed by atoms with van der Waals surface area (Å²) in [5.41, 5.74) is 5.26. The van der Waals surface area contributed by atoms with Gasteiger partial charge >= 0.3 is 29.6 Å². The van der Waals surface area contributed by atoms with Gasteiger partial charge in [0.05, 0.1) is 43.9 Å². The van der Waals surface area contributed by atoms with Crippen molar-refractivity contribution in [2.75, 3.05) is 63.3 Å². The van der Waals surface area contributed by atoms with Crippen LogP contribution in [0.2, 0.25) is 30.1 Å². The van der Waals surface area contributed by atoms with E-state index in [2.05, 4.69) is 36.3 Å². The van der Waals surface area contributed by atoms with Gasteiger partial charge < -0.3 is 21.1 Å². The molecule has 8 nitrogen and oxygen atoms in total. The molecule has 2 saturated heterocycles. The van der Waals surface area contributed by atoms with Gasteiger partial charge in [-0.3, -0.25) is 9.80 Å². The maximum atomic E-state index is 12.1. The Morgan fingerprint density at radius 3 is 1.38 bits per heavy atom. The fourth-order valence-electron chi connectivity index (χ4n) is 7.64. The topological polar surface area (TPSA) is 51.1 Å². The molecule has 16 heteroatoms. The summed E-state index contributed by atoms with van der Waals surface area (Å²) in [6.07, 6.45) is 0. The number of ether oxygens (including phenoxy) is 1. The molecule has 6 aromatic carbocycles. The Morgan fingerprint density at radius 2 is 0.970 bits per heavy atom. The van der Waals surface area contributed by atoms with Gasteiger partial charge in [-0.2, -0.15) is 0 Å². The molecule has 1 N–H and O–H groups in total. The predicted octanol–water partition coefficient (Wildman–Crippen LogP) is 11.1. The monoisotopic (exact) mass is 1010 g/mol. The van der Waals surface area contributed by atoms with E-state index in [4.69, 9.17) is 87.5 Å². The first-order valence-electron chi connectivity index (χ1n) is 20.5. The van der Waals surface area contributed by atoms with Crippen molar-refractivity contribution in [1.29, 1.82) is 0 Å². The minimum atomic E-state index is -0.303. The zero-order chi connectivity index (χ0) is 46.6. The summed E-state index contributed by atoms with van der Waals surface area (Å²) in [5, 5.41) is 13.6. The molecule has 0 bridgehead atoms. The van der Waals surface area contributed by atoms with Gasteiger partial charge in [0, 0.05) is 67.7 Å². The Balaban J connectivity index is 0.000000246.